The molecule has 0 bridgehead atoms. The van der Waals surface area contributed by atoms with Crippen molar-refractivity contribution in [3.63, 3.8) is 0 Å². The molecule has 2 aromatic carbocycles. The van der Waals surface area contributed by atoms with Crippen LogP contribution >= 0.6 is 0 Å². The monoisotopic (exact) mass is 324 g/mol. The van der Waals surface area contributed by atoms with Crippen LogP contribution in [0.4, 0.5) is 11.4 Å². The highest BCUT2D eigenvalue weighted by Gasteiger charge is 2.26. The second-order valence-corrected chi connectivity index (χ2v) is 5.42. The Balaban J connectivity index is 1.70. The summed E-state index contributed by atoms with van der Waals surface area (Å²) in [5.41, 5.74) is 1.72. The lowest BCUT2D eigenvalue weighted by Gasteiger charge is -2.28. The number of carbonyl (C=O) groups is 3. The van der Waals surface area contributed by atoms with Crippen molar-refractivity contribution in [2.45, 2.75) is 6.92 Å². The van der Waals surface area contributed by atoms with Crippen LogP contribution in [-0.2, 0) is 9.59 Å². The van der Waals surface area contributed by atoms with E-state index in [0.717, 1.165) is 0 Å². The number of rotatable bonds is 4. The maximum Gasteiger partial charge on any atom is 0.265 e. The minimum absolute atomic E-state index is 0.0385. The van der Waals surface area contributed by atoms with Gasteiger partial charge >= 0.3 is 0 Å². The molecule has 24 heavy (non-hydrogen) atoms. The van der Waals surface area contributed by atoms with Crippen molar-refractivity contribution in [3.8, 4) is 5.75 Å². The smallest absolute Gasteiger partial charge is 0.265 e. The number of anilines is 2. The molecule has 1 aliphatic rings. The summed E-state index contributed by atoms with van der Waals surface area (Å²) in [5, 5.41) is 2.72. The molecule has 2 amide bonds. The van der Waals surface area contributed by atoms with Crippen LogP contribution in [-0.4, -0.2) is 30.7 Å². The van der Waals surface area contributed by atoms with E-state index >= 15 is 0 Å². The van der Waals surface area contributed by atoms with E-state index in [1.54, 1.807) is 42.5 Å². The van der Waals surface area contributed by atoms with Crippen molar-refractivity contribution in [1.82, 2.24) is 0 Å². The first-order valence-corrected chi connectivity index (χ1v) is 7.47. The van der Waals surface area contributed by atoms with Gasteiger partial charge in [0.1, 0.15) is 12.3 Å². The van der Waals surface area contributed by atoms with Crippen LogP contribution in [0.5, 0.6) is 5.75 Å². The Labute approximate surface area is 139 Å². The zero-order chi connectivity index (χ0) is 17.1. The summed E-state index contributed by atoms with van der Waals surface area (Å²) in [4.78, 5) is 36.9. The Bertz CT molecular complexity index is 799. The fourth-order valence-corrected chi connectivity index (χ4v) is 2.46. The first-order valence-electron chi connectivity index (χ1n) is 7.47. The van der Waals surface area contributed by atoms with Gasteiger partial charge in [-0.2, -0.15) is 0 Å². The van der Waals surface area contributed by atoms with Crippen LogP contribution in [0.15, 0.2) is 48.5 Å². The molecule has 0 aromatic heterocycles. The van der Waals surface area contributed by atoms with E-state index in [0.29, 0.717) is 22.7 Å². The van der Waals surface area contributed by atoms with Gasteiger partial charge in [0.15, 0.2) is 12.4 Å². The third kappa shape index (κ3) is 3.27. The molecule has 0 unspecified atom stereocenters. The Morgan fingerprint density at radius 2 is 1.83 bits per heavy atom. The first kappa shape index (κ1) is 15.7. The van der Waals surface area contributed by atoms with Crippen LogP contribution in [0.2, 0.25) is 0 Å². The van der Waals surface area contributed by atoms with Crippen molar-refractivity contribution >= 4 is 29.0 Å². The normalized spacial score (nSPS) is 13.0. The number of Topliss-reactive ketones (excluding diaryl/α,β-unsaturated/α-hetero) is 1. The molecule has 122 valence electrons. The summed E-state index contributed by atoms with van der Waals surface area (Å²) in [7, 11) is 0. The molecule has 6 heteroatoms. The molecule has 0 fully saturated rings. The second-order valence-electron chi connectivity index (χ2n) is 5.42. The van der Waals surface area contributed by atoms with Gasteiger partial charge in [0, 0.05) is 11.3 Å². The average Bonchev–Trinajstić information content (AvgIpc) is 2.58. The van der Waals surface area contributed by atoms with Crippen molar-refractivity contribution in [1.29, 1.82) is 0 Å². The standard InChI is InChI=1S/C18H16N2O4/c1-12(21)13-6-8-14(9-7-13)19-17(22)10-20-15-4-2-3-5-16(15)24-11-18(20)23/h2-9H,10-11H2,1H3,(H,19,22). The van der Waals surface area contributed by atoms with Gasteiger partial charge in [-0.1, -0.05) is 12.1 Å². The van der Waals surface area contributed by atoms with Gasteiger partial charge in [-0.15, -0.1) is 0 Å². The Morgan fingerprint density at radius 3 is 2.54 bits per heavy atom. The van der Waals surface area contributed by atoms with Crippen LogP contribution in [0, 0.1) is 0 Å². The van der Waals surface area contributed by atoms with E-state index in [9.17, 15) is 14.4 Å². The Morgan fingerprint density at radius 1 is 1.12 bits per heavy atom. The number of ether oxygens (including phenoxy) is 1. The number of hydrogen-bond donors (Lipinski definition) is 1. The van der Waals surface area contributed by atoms with Crippen molar-refractivity contribution < 1.29 is 19.1 Å². The highest BCUT2D eigenvalue weighted by Crippen LogP contribution is 2.31. The molecule has 0 radical (unpaired) electrons. The highest BCUT2D eigenvalue weighted by atomic mass is 16.5. The second kappa shape index (κ2) is 6.54. The van der Waals surface area contributed by atoms with Crippen molar-refractivity contribution in [3.05, 3.63) is 54.1 Å². The third-order valence-electron chi connectivity index (χ3n) is 3.69. The van der Waals surface area contributed by atoms with Gasteiger partial charge in [0.2, 0.25) is 5.91 Å². The topological polar surface area (TPSA) is 75.7 Å². The number of nitrogens with zero attached hydrogens (tertiary/aromatic N) is 1. The number of hydrogen-bond acceptors (Lipinski definition) is 4. The van der Waals surface area contributed by atoms with Crippen molar-refractivity contribution in [2.75, 3.05) is 23.4 Å². The van der Waals surface area contributed by atoms with Gasteiger partial charge in [-0.3, -0.25) is 19.3 Å². The zero-order valence-corrected chi connectivity index (χ0v) is 13.1. The minimum atomic E-state index is -0.323. The summed E-state index contributed by atoms with van der Waals surface area (Å²) < 4.78 is 5.35. The number of para-hydroxylation sites is 2. The number of ketones is 1. The fraction of sp³-hybridized carbons (Fsp3) is 0.167. The maximum atomic E-state index is 12.2. The van der Waals surface area contributed by atoms with Gasteiger partial charge in [-0.05, 0) is 43.3 Å². The lowest BCUT2D eigenvalue weighted by atomic mass is 10.1. The van der Waals surface area contributed by atoms with Crippen LogP contribution in [0.3, 0.4) is 0 Å². The molecule has 2 aromatic rings. The largest absolute Gasteiger partial charge is 0.482 e. The number of benzene rings is 2. The van der Waals surface area contributed by atoms with Crippen molar-refractivity contribution in [2.24, 2.45) is 0 Å². The summed E-state index contributed by atoms with van der Waals surface area (Å²) >= 11 is 0. The molecule has 0 atom stereocenters. The number of fused-ring (bicyclic) bond motifs is 1. The van der Waals surface area contributed by atoms with E-state index in [1.807, 2.05) is 6.07 Å². The highest BCUT2D eigenvalue weighted by molar-refractivity contribution is 6.05. The quantitative estimate of drug-likeness (QED) is 0.875. The number of carbonyl (C=O) groups excluding carboxylic acids is 3. The predicted molar refractivity (Wildman–Crippen MR) is 89.4 cm³/mol. The third-order valence-corrected chi connectivity index (χ3v) is 3.69. The molecule has 6 nitrogen and oxygen atoms in total. The average molecular weight is 324 g/mol. The van der Waals surface area contributed by atoms with Gasteiger partial charge in [0.05, 0.1) is 5.69 Å². The minimum Gasteiger partial charge on any atom is -0.482 e. The molecular weight excluding hydrogens is 308 g/mol. The van der Waals surface area contributed by atoms with Gasteiger partial charge < -0.3 is 10.1 Å². The molecule has 1 N–H and O–H groups in total. The predicted octanol–water partition coefficient (Wildman–Crippen LogP) is 2.25. The molecular formula is C18H16N2O4. The van der Waals surface area contributed by atoms with E-state index in [-0.39, 0.29) is 30.7 Å². The van der Waals surface area contributed by atoms with Gasteiger partial charge in [0.25, 0.3) is 5.91 Å². The van der Waals surface area contributed by atoms with E-state index in [4.69, 9.17) is 4.74 Å². The molecule has 0 saturated carbocycles. The number of amides is 2. The van der Waals surface area contributed by atoms with Crippen LogP contribution in [0.1, 0.15) is 17.3 Å². The van der Waals surface area contributed by atoms with Crippen LogP contribution in [0.25, 0.3) is 0 Å². The van der Waals surface area contributed by atoms with E-state index in [2.05, 4.69) is 5.32 Å². The lowest BCUT2D eigenvalue weighted by molar-refractivity contribution is -0.123. The SMILES string of the molecule is CC(=O)c1ccc(NC(=O)CN2C(=O)COc3ccccc32)cc1. The molecule has 0 aliphatic carbocycles. The van der Waals surface area contributed by atoms with E-state index in [1.165, 1.54) is 11.8 Å². The summed E-state index contributed by atoms with van der Waals surface area (Å²) in [6, 6.07) is 13.7. The molecule has 1 aliphatic heterocycles. The van der Waals surface area contributed by atoms with E-state index < -0.39 is 0 Å². The summed E-state index contributed by atoms with van der Waals surface area (Å²) in [6.45, 7) is 1.29. The summed E-state index contributed by atoms with van der Waals surface area (Å²) in [5.74, 6) is -0.0505. The van der Waals surface area contributed by atoms with Gasteiger partial charge in [-0.25, -0.2) is 0 Å². The van der Waals surface area contributed by atoms with Crippen LogP contribution < -0.4 is 15.0 Å². The molecule has 3 rings (SSSR count). The summed E-state index contributed by atoms with van der Waals surface area (Å²) in [6.07, 6.45) is 0. The fourth-order valence-electron chi connectivity index (χ4n) is 2.46. The zero-order valence-electron chi connectivity index (χ0n) is 13.1. The lowest BCUT2D eigenvalue weighted by Crippen LogP contribution is -2.43. The molecule has 0 saturated heterocycles. The molecule has 0 spiro atoms. The molecule has 1 heterocycles. The Hall–Kier alpha value is -3.15. The number of nitrogens with one attached hydrogen (secondary N) is 1. The first-order chi connectivity index (χ1) is 11.5. The maximum absolute atomic E-state index is 12.2. The Kier molecular flexibility index (Phi) is 4.29.